The molecule has 41 heavy (non-hydrogen) atoms. The fraction of sp³-hybridized carbons (Fsp3) is 0.500. The second-order valence-electron chi connectivity index (χ2n) is 10.1. The minimum atomic E-state index is -4.48. The lowest BCUT2D eigenvalue weighted by Crippen LogP contribution is -2.46. The summed E-state index contributed by atoms with van der Waals surface area (Å²) in [6.45, 7) is 6.65. The lowest BCUT2D eigenvalue weighted by atomic mass is 10.0. The second kappa shape index (κ2) is 13.2. The number of alkyl halides is 3. The van der Waals surface area contributed by atoms with Crippen molar-refractivity contribution in [2.75, 3.05) is 45.7 Å². The maximum Gasteiger partial charge on any atom is 0.416 e. The molecule has 2 saturated heterocycles. The topological polar surface area (TPSA) is 75.7 Å². The average molecular weight is 596 g/mol. The number of ether oxygens (including phenoxy) is 3. The fourth-order valence-corrected chi connectivity index (χ4v) is 5.62. The highest BCUT2D eigenvalue weighted by Gasteiger charge is 2.37. The Bertz CT molecular complexity index is 1290. The molecule has 13 heteroatoms. The van der Waals surface area contributed by atoms with Crippen molar-refractivity contribution in [3.63, 3.8) is 0 Å². The number of aromatic amines is 1. The Hall–Kier alpha value is -2.55. The van der Waals surface area contributed by atoms with Gasteiger partial charge < -0.3 is 14.2 Å². The monoisotopic (exact) mass is 595 g/mol. The first-order valence-corrected chi connectivity index (χ1v) is 14.7. The molecule has 2 aliphatic rings. The maximum atomic E-state index is 13.9. The normalized spacial score (nSPS) is 21.7. The molecule has 3 heterocycles. The summed E-state index contributed by atoms with van der Waals surface area (Å²) in [5.74, 6) is -0.374. The first-order valence-electron chi connectivity index (χ1n) is 13.4. The molecule has 3 atom stereocenters. The van der Waals surface area contributed by atoms with Crippen LogP contribution in [0.2, 0.25) is 0 Å². The number of rotatable bonds is 9. The molecule has 222 valence electrons. The van der Waals surface area contributed by atoms with Crippen molar-refractivity contribution in [1.82, 2.24) is 25.2 Å². The molecule has 2 unspecified atom stereocenters. The van der Waals surface area contributed by atoms with E-state index in [2.05, 4.69) is 25.2 Å². The molecule has 0 radical (unpaired) electrons. The molecular formula is C28H33F4N5O3S. The molecule has 0 saturated carbocycles. The number of thioether (sulfide) groups is 1. The van der Waals surface area contributed by atoms with E-state index in [9.17, 15) is 17.6 Å². The van der Waals surface area contributed by atoms with Crippen molar-refractivity contribution in [2.24, 2.45) is 0 Å². The number of nitrogens with zero attached hydrogens (tertiary/aromatic N) is 4. The van der Waals surface area contributed by atoms with Crippen molar-refractivity contribution in [1.29, 1.82) is 0 Å². The molecule has 3 aromatic rings. The predicted octanol–water partition coefficient (Wildman–Crippen LogP) is 5.19. The summed E-state index contributed by atoms with van der Waals surface area (Å²) in [6, 6.07) is 9.59. The molecule has 8 nitrogen and oxygen atoms in total. The SMILES string of the molecule is CSc1cc([C@@H](C)OC2OCCN(Cc3nn[nH]c3CN3CCOCC3)C2c2ccc(F)cc2)cc(C(F)(F)F)c1. The van der Waals surface area contributed by atoms with Crippen LogP contribution in [0.25, 0.3) is 0 Å². The number of aromatic nitrogens is 3. The molecule has 2 aromatic carbocycles. The molecule has 0 amide bonds. The zero-order chi connectivity index (χ0) is 29.0. The average Bonchev–Trinajstić information content (AvgIpc) is 3.39. The number of halogens is 4. The highest BCUT2D eigenvalue weighted by atomic mass is 32.2. The van der Waals surface area contributed by atoms with E-state index in [1.807, 2.05) is 0 Å². The predicted molar refractivity (Wildman–Crippen MR) is 144 cm³/mol. The van der Waals surface area contributed by atoms with E-state index in [0.717, 1.165) is 42.2 Å². The molecule has 0 bridgehead atoms. The second-order valence-corrected chi connectivity index (χ2v) is 11.0. The molecule has 0 aliphatic carbocycles. The summed E-state index contributed by atoms with van der Waals surface area (Å²) in [4.78, 5) is 4.89. The molecule has 1 N–H and O–H groups in total. The van der Waals surface area contributed by atoms with E-state index in [0.29, 0.717) is 49.9 Å². The van der Waals surface area contributed by atoms with Gasteiger partial charge in [0.25, 0.3) is 0 Å². The van der Waals surface area contributed by atoms with Crippen molar-refractivity contribution in [3.8, 4) is 0 Å². The van der Waals surface area contributed by atoms with Gasteiger partial charge in [-0.1, -0.05) is 17.3 Å². The highest BCUT2D eigenvalue weighted by Crippen LogP contribution is 2.38. The number of hydrogen-bond donors (Lipinski definition) is 1. The van der Waals surface area contributed by atoms with Gasteiger partial charge in [-0.2, -0.15) is 13.2 Å². The van der Waals surface area contributed by atoms with E-state index < -0.39 is 30.2 Å². The standard InChI is InChI=1S/C28H33F4N5O3S/c1-18(20-13-21(28(30,31)32)15-23(14-20)41-2)40-27-26(19-3-5-22(29)6-4-19)37(9-12-39-27)17-25-24(33-35-34-25)16-36-7-10-38-11-8-36/h3-6,13-15,18,26-27H,7-12,16-17H2,1-2H3,(H,33,34,35)/t18-,26?,27?/m1/s1. The van der Waals surface area contributed by atoms with E-state index >= 15 is 0 Å². The van der Waals surface area contributed by atoms with Crippen LogP contribution in [0.3, 0.4) is 0 Å². The van der Waals surface area contributed by atoms with E-state index in [1.54, 1.807) is 31.4 Å². The lowest BCUT2D eigenvalue weighted by Gasteiger charge is -2.42. The quantitative estimate of drug-likeness (QED) is 0.268. The van der Waals surface area contributed by atoms with Crippen LogP contribution in [0.1, 0.15) is 47.1 Å². The van der Waals surface area contributed by atoms with E-state index in [1.165, 1.54) is 23.9 Å². The highest BCUT2D eigenvalue weighted by molar-refractivity contribution is 7.98. The Morgan fingerprint density at radius 2 is 1.83 bits per heavy atom. The van der Waals surface area contributed by atoms with Crippen LogP contribution < -0.4 is 0 Å². The van der Waals surface area contributed by atoms with Gasteiger partial charge >= 0.3 is 6.18 Å². The van der Waals surface area contributed by atoms with Gasteiger partial charge in [0.2, 0.25) is 0 Å². The number of hydrogen-bond acceptors (Lipinski definition) is 8. The molecule has 2 fully saturated rings. The van der Waals surface area contributed by atoms with Crippen molar-refractivity contribution in [2.45, 2.75) is 49.5 Å². The summed E-state index contributed by atoms with van der Waals surface area (Å²) in [5, 5.41) is 11.4. The van der Waals surface area contributed by atoms with Crippen LogP contribution in [0.5, 0.6) is 0 Å². The van der Waals surface area contributed by atoms with Gasteiger partial charge in [-0.25, -0.2) is 4.39 Å². The Balaban J connectivity index is 1.39. The van der Waals surface area contributed by atoms with Gasteiger partial charge in [-0.05, 0) is 54.6 Å². The molecule has 1 aromatic heterocycles. The fourth-order valence-electron chi connectivity index (χ4n) is 5.13. The zero-order valence-electron chi connectivity index (χ0n) is 22.9. The first-order chi connectivity index (χ1) is 19.7. The maximum absolute atomic E-state index is 13.9. The van der Waals surface area contributed by atoms with Crippen LogP contribution in [0.15, 0.2) is 47.4 Å². The van der Waals surface area contributed by atoms with Crippen LogP contribution in [0.4, 0.5) is 17.6 Å². The number of morpholine rings is 2. The minimum absolute atomic E-state index is 0.338. The van der Waals surface area contributed by atoms with Gasteiger partial charge in [0.15, 0.2) is 6.29 Å². The molecular weight excluding hydrogens is 562 g/mol. The lowest BCUT2D eigenvalue weighted by molar-refractivity contribution is -0.231. The smallest absolute Gasteiger partial charge is 0.379 e. The van der Waals surface area contributed by atoms with E-state index in [4.69, 9.17) is 14.2 Å². The number of benzene rings is 2. The summed E-state index contributed by atoms with van der Waals surface area (Å²) < 4.78 is 72.5. The van der Waals surface area contributed by atoms with E-state index in [-0.39, 0.29) is 5.82 Å². The summed E-state index contributed by atoms with van der Waals surface area (Å²) >= 11 is 1.23. The van der Waals surface area contributed by atoms with Gasteiger partial charge in [0, 0.05) is 37.6 Å². The molecule has 0 spiro atoms. The van der Waals surface area contributed by atoms with Crippen LogP contribution in [-0.4, -0.2) is 77.2 Å². The third kappa shape index (κ3) is 7.46. The van der Waals surface area contributed by atoms with Crippen LogP contribution in [0, 0.1) is 5.82 Å². The first kappa shape index (κ1) is 29.9. The van der Waals surface area contributed by atoms with Crippen molar-refractivity contribution < 1.29 is 31.8 Å². The van der Waals surface area contributed by atoms with Crippen molar-refractivity contribution in [3.05, 3.63) is 76.4 Å². The Labute approximate surface area is 240 Å². The largest absolute Gasteiger partial charge is 0.416 e. The third-order valence-corrected chi connectivity index (χ3v) is 8.07. The van der Waals surface area contributed by atoms with Gasteiger partial charge in [-0.15, -0.1) is 16.9 Å². The Morgan fingerprint density at radius 1 is 1.07 bits per heavy atom. The summed E-state index contributed by atoms with van der Waals surface area (Å²) in [6.07, 6.45) is -4.29. The van der Waals surface area contributed by atoms with Crippen LogP contribution in [-0.2, 0) is 33.5 Å². The summed E-state index contributed by atoms with van der Waals surface area (Å²) in [7, 11) is 0. The third-order valence-electron chi connectivity index (χ3n) is 7.37. The van der Waals surface area contributed by atoms with Crippen LogP contribution >= 0.6 is 11.8 Å². The summed E-state index contributed by atoms with van der Waals surface area (Å²) in [5.41, 5.74) is 2.10. The van der Waals surface area contributed by atoms with Gasteiger partial charge in [0.1, 0.15) is 11.5 Å². The molecule has 5 rings (SSSR count). The number of H-pyrrole nitrogens is 1. The number of nitrogens with one attached hydrogen (secondary N) is 1. The van der Waals surface area contributed by atoms with Gasteiger partial charge in [-0.3, -0.25) is 14.9 Å². The molecule has 2 aliphatic heterocycles. The Kier molecular flexibility index (Phi) is 9.62. The van der Waals surface area contributed by atoms with Gasteiger partial charge in [0.05, 0.1) is 43.2 Å². The zero-order valence-corrected chi connectivity index (χ0v) is 23.7. The Morgan fingerprint density at radius 3 is 2.54 bits per heavy atom. The van der Waals surface area contributed by atoms with Crippen molar-refractivity contribution >= 4 is 11.8 Å². The minimum Gasteiger partial charge on any atom is -0.379 e.